The zero-order valence-electron chi connectivity index (χ0n) is 11.4. The van der Waals surface area contributed by atoms with Gasteiger partial charge in [0.2, 0.25) is 0 Å². The summed E-state index contributed by atoms with van der Waals surface area (Å²) in [6.07, 6.45) is 9.23. The van der Waals surface area contributed by atoms with E-state index in [1.54, 1.807) is 6.92 Å². The Morgan fingerprint density at radius 1 is 1.32 bits per heavy atom. The lowest BCUT2D eigenvalue weighted by atomic mass is 9.85. The van der Waals surface area contributed by atoms with Crippen molar-refractivity contribution in [2.24, 2.45) is 5.92 Å². The van der Waals surface area contributed by atoms with Gasteiger partial charge in [-0.2, -0.15) is 0 Å². The van der Waals surface area contributed by atoms with E-state index in [2.05, 4.69) is 15.9 Å². The highest BCUT2D eigenvalue weighted by molar-refractivity contribution is 9.09. The minimum absolute atomic E-state index is 0.222. The second-order valence-electron chi connectivity index (χ2n) is 5.67. The van der Waals surface area contributed by atoms with Gasteiger partial charge in [-0.15, -0.1) is 0 Å². The van der Waals surface area contributed by atoms with E-state index in [1.165, 1.54) is 44.6 Å². The molecule has 0 N–H and O–H groups in total. The van der Waals surface area contributed by atoms with Crippen LogP contribution in [0.25, 0.3) is 0 Å². The van der Waals surface area contributed by atoms with Crippen molar-refractivity contribution in [1.82, 2.24) is 0 Å². The van der Waals surface area contributed by atoms with E-state index in [4.69, 9.17) is 11.6 Å². The van der Waals surface area contributed by atoms with Gasteiger partial charge in [0.05, 0.1) is 0 Å². The van der Waals surface area contributed by atoms with Gasteiger partial charge in [0, 0.05) is 9.85 Å². The Morgan fingerprint density at radius 3 is 2.68 bits per heavy atom. The van der Waals surface area contributed by atoms with Crippen LogP contribution in [0.4, 0.5) is 4.39 Å². The fraction of sp³-hybridized carbons (Fsp3) is 0.625. The van der Waals surface area contributed by atoms with Crippen LogP contribution in [0, 0.1) is 18.7 Å². The molecule has 1 unspecified atom stereocenters. The molecule has 0 bridgehead atoms. The van der Waals surface area contributed by atoms with Gasteiger partial charge in [-0.25, -0.2) is 4.39 Å². The van der Waals surface area contributed by atoms with Gasteiger partial charge in [0.1, 0.15) is 5.82 Å². The molecule has 0 amide bonds. The predicted octanol–water partition coefficient (Wildman–Crippen LogP) is 6.58. The molecule has 2 rings (SSSR count). The molecule has 0 spiro atoms. The van der Waals surface area contributed by atoms with E-state index in [1.807, 2.05) is 6.07 Å². The topological polar surface area (TPSA) is 0 Å². The highest BCUT2D eigenvalue weighted by Crippen LogP contribution is 2.37. The Morgan fingerprint density at radius 2 is 2.00 bits per heavy atom. The van der Waals surface area contributed by atoms with Crippen LogP contribution in [0.1, 0.15) is 60.9 Å². The number of aryl methyl sites for hydroxylation is 1. The predicted molar refractivity (Wildman–Crippen MR) is 83.6 cm³/mol. The van der Waals surface area contributed by atoms with Gasteiger partial charge in [0.15, 0.2) is 0 Å². The third-order valence-electron chi connectivity index (χ3n) is 4.17. The molecule has 1 fully saturated rings. The lowest BCUT2D eigenvalue weighted by Crippen LogP contribution is -2.07. The standard InChI is InChI=1S/C16H21BrClF/c1-11-9-13(15(18)10-16(11)19)14(17)8-7-12-5-3-2-4-6-12/h9-10,12,14H,2-8H2,1H3. The summed E-state index contributed by atoms with van der Waals surface area (Å²) in [5.74, 6) is 0.648. The lowest BCUT2D eigenvalue weighted by molar-refractivity contribution is 0.332. The van der Waals surface area contributed by atoms with E-state index in [9.17, 15) is 4.39 Å². The first kappa shape index (κ1) is 15.3. The lowest BCUT2D eigenvalue weighted by Gasteiger charge is -2.23. The van der Waals surface area contributed by atoms with Crippen LogP contribution >= 0.6 is 27.5 Å². The van der Waals surface area contributed by atoms with Gasteiger partial charge in [-0.3, -0.25) is 0 Å². The maximum Gasteiger partial charge on any atom is 0.127 e. The van der Waals surface area contributed by atoms with Gasteiger partial charge in [-0.05, 0) is 42.9 Å². The summed E-state index contributed by atoms with van der Waals surface area (Å²) >= 11 is 9.86. The molecule has 0 aromatic heterocycles. The Bertz CT molecular complexity index is 427. The first-order valence-corrected chi connectivity index (χ1v) is 8.47. The molecule has 19 heavy (non-hydrogen) atoms. The van der Waals surface area contributed by atoms with Crippen molar-refractivity contribution in [2.45, 2.75) is 56.7 Å². The van der Waals surface area contributed by atoms with Gasteiger partial charge < -0.3 is 0 Å². The summed E-state index contributed by atoms with van der Waals surface area (Å²) in [7, 11) is 0. The Kier molecular flexibility index (Phi) is 5.70. The summed E-state index contributed by atoms with van der Waals surface area (Å²) in [5.41, 5.74) is 1.69. The van der Waals surface area contributed by atoms with Crippen molar-refractivity contribution >= 4 is 27.5 Å². The van der Waals surface area contributed by atoms with Crippen LogP contribution in [-0.4, -0.2) is 0 Å². The molecule has 1 atom stereocenters. The highest BCUT2D eigenvalue weighted by Gasteiger charge is 2.18. The Hall–Kier alpha value is -0.0800. The van der Waals surface area contributed by atoms with Crippen LogP contribution in [0.5, 0.6) is 0 Å². The number of benzene rings is 1. The fourth-order valence-electron chi connectivity index (χ4n) is 2.93. The van der Waals surface area contributed by atoms with Crippen molar-refractivity contribution in [2.75, 3.05) is 0 Å². The first-order valence-electron chi connectivity index (χ1n) is 7.17. The average Bonchev–Trinajstić information content (AvgIpc) is 2.41. The third kappa shape index (κ3) is 4.19. The van der Waals surface area contributed by atoms with E-state index in [-0.39, 0.29) is 10.6 Å². The molecule has 0 heterocycles. The van der Waals surface area contributed by atoms with Crippen molar-refractivity contribution in [3.63, 3.8) is 0 Å². The summed E-state index contributed by atoms with van der Waals surface area (Å²) in [4.78, 5) is 0.237. The zero-order valence-corrected chi connectivity index (χ0v) is 13.7. The number of hydrogen-bond acceptors (Lipinski definition) is 0. The first-order chi connectivity index (χ1) is 9.08. The largest absolute Gasteiger partial charge is 0.207 e. The van der Waals surface area contributed by atoms with Crippen LogP contribution in [-0.2, 0) is 0 Å². The molecule has 1 aromatic rings. The molecule has 106 valence electrons. The average molecular weight is 348 g/mol. The quantitative estimate of drug-likeness (QED) is 0.539. The van der Waals surface area contributed by atoms with E-state index >= 15 is 0 Å². The number of halogens is 3. The SMILES string of the molecule is Cc1cc(C(Br)CCC2CCCCC2)c(Cl)cc1F. The minimum atomic E-state index is -0.222. The minimum Gasteiger partial charge on any atom is -0.207 e. The van der Waals surface area contributed by atoms with E-state index in [0.29, 0.717) is 10.6 Å². The van der Waals surface area contributed by atoms with E-state index < -0.39 is 0 Å². The molecule has 0 radical (unpaired) electrons. The van der Waals surface area contributed by atoms with Gasteiger partial charge >= 0.3 is 0 Å². The molecule has 3 heteroatoms. The van der Waals surface area contributed by atoms with E-state index in [0.717, 1.165) is 17.9 Å². The monoisotopic (exact) mass is 346 g/mol. The molecular formula is C16H21BrClF. The number of rotatable bonds is 4. The van der Waals surface area contributed by atoms with Gasteiger partial charge in [-0.1, -0.05) is 65.7 Å². The van der Waals surface area contributed by atoms with Crippen molar-refractivity contribution < 1.29 is 4.39 Å². The number of alkyl halides is 1. The highest BCUT2D eigenvalue weighted by atomic mass is 79.9. The maximum absolute atomic E-state index is 13.4. The molecule has 1 aromatic carbocycles. The molecule has 0 nitrogen and oxygen atoms in total. The van der Waals surface area contributed by atoms with Gasteiger partial charge in [0.25, 0.3) is 0 Å². The van der Waals surface area contributed by atoms with Crippen LogP contribution in [0.2, 0.25) is 5.02 Å². The smallest absolute Gasteiger partial charge is 0.127 e. The maximum atomic E-state index is 13.4. The normalized spacial score (nSPS) is 18.5. The summed E-state index contributed by atoms with van der Waals surface area (Å²) in [5, 5.41) is 0.536. The molecule has 1 saturated carbocycles. The molecule has 0 saturated heterocycles. The van der Waals surface area contributed by atoms with Crippen LogP contribution in [0.3, 0.4) is 0 Å². The second kappa shape index (κ2) is 7.08. The second-order valence-corrected chi connectivity index (χ2v) is 7.18. The summed E-state index contributed by atoms with van der Waals surface area (Å²) in [6.45, 7) is 1.79. The summed E-state index contributed by atoms with van der Waals surface area (Å²) < 4.78 is 13.4. The molecule has 0 aliphatic heterocycles. The fourth-order valence-corrected chi connectivity index (χ4v) is 3.99. The number of hydrogen-bond donors (Lipinski definition) is 0. The zero-order chi connectivity index (χ0) is 13.8. The third-order valence-corrected chi connectivity index (χ3v) is 5.45. The Balaban J connectivity index is 1.95. The van der Waals surface area contributed by atoms with Crippen LogP contribution in [0.15, 0.2) is 12.1 Å². The van der Waals surface area contributed by atoms with Crippen molar-refractivity contribution in [3.8, 4) is 0 Å². The van der Waals surface area contributed by atoms with Crippen molar-refractivity contribution in [1.29, 1.82) is 0 Å². The van der Waals surface area contributed by atoms with Crippen LogP contribution < -0.4 is 0 Å². The molecule has 1 aliphatic rings. The summed E-state index contributed by atoms with van der Waals surface area (Å²) in [6, 6.07) is 3.30. The molecule has 1 aliphatic carbocycles. The van der Waals surface area contributed by atoms with Crippen molar-refractivity contribution in [3.05, 3.63) is 34.1 Å². The Labute approximate surface area is 128 Å². The molecular weight excluding hydrogens is 327 g/mol.